The SMILES string of the molecule is CCC.Cc1ccc(-c2ccc3c(c2)-c2ccccc2C3(C)C)cc1.Cc1cccc(C2=C3OC4=C(CCC=C4)C3CC=C2)c1.Cc1ccccc1. The van der Waals surface area contributed by atoms with Crippen LogP contribution in [0.15, 0.2) is 163 Å². The standard InChI is InChI=1S/C22H20.C19H18O.C7H8.C3H8/c1-15-8-10-16(11-9-15)17-12-13-21-19(14-17)18-6-4-5-7-20(18)22(21,2)3;1-13-6-4-7-14(12-13)15-9-5-10-17-16-8-2-3-11-18(16)20-19(15)17;1-7-5-3-2-4-6-7;1-3-2/h4-14H,1-3H3;3-7,9,11-12,17H,2,8,10H2,1H3;2-6H,1H3;3H2,1-2H3. The molecule has 0 spiro atoms. The van der Waals surface area contributed by atoms with Crippen molar-refractivity contribution in [2.24, 2.45) is 5.92 Å². The maximum Gasteiger partial charge on any atom is 0.126 e. The van der Waals surface area contributed by atoms with E-state index in [0.29, 0.717) is 5.92 Å². The molecular formula is C51H54O. The Bertz CT molecular complexity index is 2120. The Morgan fingerprint density at radius 2 is 1.25 bits per heavy atom. The first-order valence-corrected chi connectivity index (χ1v) is 19.1. The lowest BCUT2D eigenvalue weighted by Gasteiger charge is -2.21. The predicted molar refractivity (Wildman–Crippen MR) is 223 cm³/mol. The molecule has 0 bridgehead atoms. The lowest BCUT2D eigenvalue weighted by molar-refractivity contribution is 0.319. The molecule has 1 aliphatic heterocycles. The van der Waals surface area contributed by atoms with Gasteiger partial charge in [-0.2, -0.15) is 0 Å². The minimum Gasteiger partial charge on any atom is -0.460 e. The van der Waals surface area contributed by atoms with Crippen molar-refractivity contribution in [1.29, 1.82) is 0 Å². The van der Waals surface area contributed by atoms with E-state index in [1.54, 1.807) is 0 Å². The van der Waals surface area contributed by atoms with Gasteiger partial charge >= 0.3 is 0 Å². The summed E-state index contributed by atoms with van der Waals surface area (Å²) < 4.78 is 6.20. The summed E-state index contributed by atoms with van der Waals surface area (Å²) in [5.74, 6) is 2.73. The highest BCUT2D eigenvalue weighted by Gasteiger charge is 2.36. The second-order valence-corrected chi connectivity index (χ2v) is 14.9. The fourth-order valence-corrected chi connectivity index (χ4v) is 7.58. The van der Waals surface area contributed by atoms with Crippen molar-refractivity contribution in [3.8, 4) is 22.3 Å². The number of hydrogen-bond donors (Lipinski definition) is 0. The second-order valence-electron chi connectivity index (χ2n) is 14.9. The van der Waals surface area contributed by atoms with Crippen LogP contribution in [0.1, 0.15) is 86.8 Å². The maximum atomic E-state index is 6.20. The Labute approximate surface area is 313 Å². The third-order valence-electron chi connectivity index (χ3n) is 10.3. The summed E-state index contributed by atoms with van der Waals surface area (Å²) in [6.45, 7) is 15.2. The van der Waals surface area contributed by atoms with E-state index >= 15 is 0 Å². The highest BCUT2D eigenvalue weighted by atomic mass is 16.5. The molecule has 3 aliphatic carbocycles. The minimum atomic E-state index is 0.0950. The molecule has 1 heteroatoms. The Kier molecular flexibility index (Phi) is 11.6. The minimum absolute atomic E-state index is 0.0950. The summed E-state index contributed by atoms with van der Waals surface area (Å²) in [5, 5.41) is 0. The van der Waals surface area contributed by atoms with Crippen LogP contribution in [0.4, 0.5) is 0 Å². The third-order valence-corrected chi connectivity index (χ3v) is 10.3. The maximum absolute atomic E-state index is 6.20. The van der Waals surface area contributed by atoms with Gasteiger partial charge in [0.15, 0.2) is 0 Å². The molecule has 0 N–H and O–H groups in total. The van der Waals surface area contributed by atoms with Crippen LogP contribution in [0.5, 0.6) is 0 Å². The van der Waals surface area contributed by atoms with E-state index < -0.39 is 0 Å². The van der Waals surface area contributed by atoms with E-state index in [4.69, 9.17) is 4.74 Å². The molecule has 1 unspecified atom stereocenters. The van der Waals surface area contributed by atoms with E-state index in [9.17, 15) is 0 Å². The average molecular weight is 683 g/mol. The quantitative estimate of drug-likeness (QED) is 0.180. The molecule has 0 amide bonds. The fourth-order valence-electron chi connectivity index (χ4n) is 7.58. The summed E-state index contributed by atoms with van der Waals surface area (Å²) >= 11 is 0. The van der Waals surface area contributed by atoms with E-state index in [2.05, 4.69) is 176 Å². The predicted octanol–water partition coefficient (Wildman–Crippen LogP) is 14.3. The number of benzene rings is 5. The largest absolute Gasteiger partial charge is 0.460 e. The van der Waals surface area contributed by atoms with E-state index in [-0.39, 0.29) is 5.41 Å². The smallest absolute Gasteiger partial charge is 0.126 e. The van der Waals surface area contributed by atoms with Crippen molar-refractivity contribution in [1.82, 2.24) is 0 Å². The van der Waals surface area contributed by atoms with Gasteiger partial charge in [0.05, 0.1) is 0 Å². The zero-order valence-electron chi connectivity index (χ0n) is 32.2. The summed E-state index contributed by atoms with van der Waals surface area (Å²) in [6, 6.07) is 43.5. The molecule has 1 nitrogen and oxygen atoms in total. The molecule has 1 heterocycles. The van der Waals surface area contributed by atoms with Gasteiger partial charge in [-0.05, 0) is 96.7 Å². The molecule has 9 rings (SSSR count). The van der Waals surface area contributed by atoms with Gasteiger partial charge in [0.2, 0.25) is 0 Å². The molecule has 1 atom stereocenters. The highest BCUT2D eigenvalue weighted by molar-refractivity contribution is 5.84. The summed E-state index contributed by atoms with van der Waals surface area (Å²) in [6.07, 6.45) is 13.5. The zero-order valence-corrected chi connectivity index (χ0v) is 32.2. The molecule has 4 aliphatic rings. The van der Waals surface area contributed by atoms with Gasteiger partial charge in [0.25, 0.3) is 0 Å². The number of ether oxygens (including phenoxy) is 1. The van der Waals surface area contributed by atoms with E-state index in [1.165, 1.54) is 73.2 Å². The van der Waals surface area contributed by atoms with Crippen molar-refractivity contribution in [3.63, 3.8) is 0 Å². The van der Waals surface area contributed by atoms with Gasteiger partial charge in [-0.1, -0.05) is 184 Å². The Hall–Kier alpha value is -5.14. The average Bonchev–Trinajstić information content (AvgIpc) is 3.65. The number of allylic oxidation sites excluding steroid dienone is 6. The van der Waals surface area contributed by atoms with Gasteiger partial charge in [0.1, 0.15) is 11.5 Å². The molecule has 0 saturated carbocycles. The van der Waals surface area contributed by atoms with Crippen LogP contribution in [-0.4, -0.2) is 0 Å². The van der Waals surface area contributed by atoms with Gasteiger partial charge in [-0.25, -0.2) is 0 Å². The van der Waals surface area contributed by atoms with Crippen LogP contribution in [0.3, 0.4) is 0 Å². The Morgan fingerprint density at radius 3 is 1.96 bits per heavy atom. The first-order chi connectivity index (χ1) is 25.2. The molecule has 5 aromatic rings. The Morgan fingerprint density at radius 1 is 0.596 bits per heavy atom. The molecule has 0 fully saturated rings. The third kappa shape index (κ3) is 8.00. The second kappa shape index (κ2) is 16.5. The number of aryl methyl sites for hydroxylation is 3. The highest BCUT2D eigenvalue weighted by Crippen LogP contribution is 2.50. The molecule has 52 heavy (non-hydrogen) atoms. The van der Waals surface area contributed by atoms with Crippen molar-refractivity contribution in [2.45, 2.75) is 79.6 Å². The normalized spacial score (nSPS) is 16.8. The van der Waals surface area contributed by atoms with E-state index in [1.807, 2.05) is 18.2 Å². The van der Waals surface area contributed by atoms with E-state index in [0.717, 1.165) is 30.8 Å². The molecule has 5 aromatic carbocycles. The fraction of sp³-hybridized carbons (Fsp3) is 0.255. The molecule has 0 radical (unpaired) electrons. The topological polar surface area (TPSA) is 9.23 Å². The van der Waals surface area contributed by atoms with Crippen LogP contribution >= 0.6 is 0 Å². The molecular weight excluding hydrogens is 629 g/mol. The van der Waals surface area contributed by atoms with Crippen molar-refractivity contribution >= 4 is 5.57 Å². The van der Waals surface area contributed by atoms with Crippen molar-refractivity contribution in [2.75, 3.05) is 0 Å². The number of fused-ring (bicyclic) bond motifs is 5. The monoisotopic (exact) mass is 682 g/mol. The number of rotatable bonds is 2. The van der Waals surface area contributed by atoms with Crippen LogP contribution < -0.4 is 0 Å². The molecule has 0 saturated heterocycles. The van der Waals surface area contributed by atoms with Crippen LogP contribution in [0.25, 0.3) is 27.8 Å². The molecule has 0 aromatic heterocycles. The number of hydrogen-bond acceptors (Lipinski definition) is 1. The van der Waals surface area contributed by atoms with Crippen LogP contribution in [0.2, 0.25) is 0 Å². The van der Waals surface area contributed by atoms with Gasteiger partial charge in [-0.15, -0.1) is 0 Å². The van der Waals surface area contributed by atoms with Gasteiger partial charge in [0, 0.05) is 16.9 Å². The first kappa shape index (κ1) is 36.6. The van der Waals surface area contributed by atoms with Crippen molar-refractivity contribution in [3.05, 3.63) is 196 Å². The summed E-state index contributed by atoms with van der Waals surface area (Å²) in [7, 11) is 0. The lowest BCUT2D eigenvalue weighted by atomic mass is 9.82. The summed E-state index contributed by atoms with van der Waals surface area (Å²) in [4.78, 5) is 0. The first-order valence-electron chi connectivity index (χ1n) is 19.1. The molecule has 264 valence electrons. The van der Waals surface area contributed by atoms with Crippen LogP contribution in [-0.2, 0) is 10.2 Å². The van der Waals surface area contributed by atoms with Gasteiger partial charge < -0.3 is 4.74 Å². The Balaban J connectivity index is 0.000000142. The van der Waals surface area contributed by atoms with Gasteiger partial charge in [-0.3, -0.25) is 0 Å². The van der Waals surface area contributed by atoms with Crippen molar-refractivity contribution < 1.29 is 4.74 Å². The van der Waals surface area contributed by atoms with Crippen LogP contribution in [0, 0.1) is 26.7 Å². The zero-order chi connectivity index (χ0) is 36.7. The lowest BCUT2D eigenvalue weighted by Crippen LogP contribution is -2.14. The summed E-state index contributed by atoms with van der Waals surface area (Å²) in [5.41, 5.74) is 16.3.